The third-order valence-corrected chi connectivity index (χ3v) is 7.10. The molecule has 4 N–H and O–H groups in total. The van der Waals surface area contributed by atoms with Gasteiger partial charge in [-0.2, -0.15) is 32.5 Å². The topological polar surface area (TPSA) is 125 Å². The molecule has 226 valence electrons. The minimum atomic E-state index is -4.55. The molecular formula is C28H27F6N9. The smallest absolute Gasteiger partial charge is 0.382 e. The number of benzene rings is 1. The predicted octanol–water partition coefficient (Wildman–Crippen LogP) is 5.80. The van der Waals surface area contributed by atoms with Crippen molar-refractivity contribution in [1.82, 2.24) is 25.9 Å². The molecule has 9 nitrogen and oxygen atoms in total. The number of anilines is 2. The van der Waals surface area contributed by atoms with Gasteiger partial charge in [0.25, 0.3) is 0 Å². The Bertz CT molecular complexity index is 1660. The molecule has 0 bridgehead atoms. The van der Waals surface area contributed by atoms with Gasteiger partial charge in [-0.25, -0.2) is 9.37 Å². The molecule has 0 aliphatic carbocycles. The van der Waals surface area contributed by atoms with E-state index in [2.05, 4.69) is 31.6 Å². The number of alkyl halides is 4. The summed E-state index contributed by atoms with van der Waals surface area (Å²) in [5.41, 5.74) is 3.74. The molecule has 2 aromatic heterocycles. The van der Waals surface area contributed by atoms with E-state index in [9.17, 15) is 32.5 Å². The first-order chi connectivity index (χ1) is 20.2. The fourth-order valence-electron chi connectivity index (χ4n) is 4.39. The molecule has 2 atom stereocenters. The van der Waals surface area contributed by atoms with Gasteiger partial charge in [0.1, 0.15) is 24.5 Å². The number of nitriles is 2. The molecule has 15 heteroatoms. The van der Waals surface area contributed by atoms with Gasteiger partial charge in [-0.15, -0.1) is 5.53 Å². The van der Waals surface area contributed by atoms with Crippen LogP contribution in [0.1, 0.15) is 49.2 Å². The molecule has 3 heterocycles. The zero-order valence-corrected chi connectivity index (χ0v) is 23.5. The van der Waals surface area contributed by atoms with Crippen LogP contribution in [0.15, 0.2) is 42.1 Å². The molecule has 3 aromatic rings. The first kappa shape index (κ1) is 31.2. The van der Waals surface area contributed by atoms with Crippen molar-refractivity contribution >= 4 is 22.3 Å². The molecule has 43 heavy (non-hydrogen) atoms. The number of aryl methyl sites for hydroxylation is 1. The van der Waals surface area contributed by atoms with Crippen LogP contribution in [-0.2, 0) is 0 Å². The van der Waals surface area contributed by atoms with E-state index in [1.54, 1.807) is 0 Å². The van der Waals surface area contributed by atoms with Crippen LogP contribution in [-0.4, -0.2) is 40.4 Å². The summed E-state index contributed by atoms with van der Waals surface area (Å²) in [4.78, 5) is 8.00. The maximum atomic E-state index is 15.6. The van der Waals surface area contributed by atoms with E-state index < -0.39 is 48.8 Å². The monoisotopic (exact) mass is 603 g/mol. The molecule has 1 aliphatic rings. The fourth-order valence-corrected chi connectivity index (χ4v) is 4.39. The highest BCUT2D eigenvalue weighted by Crippen LogP contribution is 2.40. The number of hydrogen-bond acceptors (Lipinski definition) is 9. The number of hydrazine groups is 2. The zero-order valence-electron chi connectivity index (χ0n) is 23.5. The number of nitrogens with one attached hydrogen (secondary N) is 4. The highest BCUT2D eigenvalue weighted by molar-refractivity contribution is 5.99. The Morgan fingerprint density at radius 2 is 1.79 bits per heavy atom. The summed E-state index contributed by atoms with van der Waals surface area (Å²) in [6, 6.07) is 7.21. The fraction of sp³-hybridized carbons (Fsp3) is 0.357. The average Bonchev–Trinajstić information content (AvgIpc) is 3.34. The number of halogens is 6. The third-order valence-electron chi connectivity index (χ3n) is 7.10. The van der Waals surface area contributed by atoms with Crippen LogP contribution < -0.4 is 21.6 Å². The molecule has 4 rings (SSSR count). The maximum absolute atomic E-state index is 15.6. The maximum Gasteiger partial charge on any atom is 0.395 e. The number of nitrogens with zero attached hydrogens (tertiary/aromatic N) is 5. The molecule has 0 amide bonds. The second-order valence-corrected chi connectivity index (χ2v) is 10.6. The Morgan fingerprint density at radius 3 is 2.40 bits per heavy atom. The summed E-state index contributed by atoms with van der Waals surface area (Å²) in [6.45, 7) is 3.49. The highest BCUT2D eigenvalue weighted by atomic mass is 19.4. The van der Waals surface area contributed by atoms with Crippen molar-refractivity contribution < 1.29 is 26.3 Å². The van der Waals surface area contributed by atoms with E-state index in [0.717, 1.165) is 31.1 Å². The summed E-state index contributed by atoms with van der Waals surface area (Å²) < 4.78 is 83.6. The van der Waals surface area contributed by atoms with Crippen LogP contribution in [0.5, 0.6) is 0 Å². The first-order valence-corrected chi connectivity index (χ1v) is 13.0. The lowest BCUT2D eigenvalue weighted by Gasteiger charge is -2.29. The van der Waals surface area contributed by atoms with Crippen molar-refractivity contribution in [2.45, 2.75) is 46.0 Å². The lowest BCUT2D eigenvalue weighted by Crippen LogP contribution is -2.44. The Hall–Kier alpha value is -4.76. The van der Waals surface area contributed by atoms with Crippen LogP contribution in [0.3, 0.4) is 0 Å². The summed E-state index contributed by atoms with van der Waals surface area (Å²) >= 11 is 0. The van der Waals surface area contributed by atoms with Crippen LogP contribution >= 0.6 is 0 Å². The molecule has 0 saturated carbocycles. The minimum absolute atomic E-state index is 0.00922. The third kappa shape index (κ3) is 6.08. The van der Waals surface area contributed by atoms with E-state index in [-0.39, 0.29) is 44.8 Å². The summed E-state index contributed by atoms with van der Waals surface area (Å²) in [5.74, 6) is -1.64. The van der Waals surface area contributed by atoms with Crippen LogP contribution in [0, 0.1) is 40.9 Å². The largest absolute Gasteiger partial charge is 0.395 e. The SMILES string of the molecule is Cc1nc(F)ccc1[C@H](Nc1cc(C#N)c2ncc(C#N)c(NCC(C)(C)C(F)(F)F)c2c1)C1=C(F)N([C@@H](C)CF)NN1. The van der Waals surface area contributed by atoms with Gasteiger partial charge in [-0.3, -0.25) is 9.99 Å². The molecule has 1 aliphatic heterocycles. The molecule has 0 fully saturated rings. The lowest BCUT2D eigenvalue weighted by molar-refractivity contribution is -0.206. The molecular weight excluding hydrogens is 576 g/mol. The second kappa shape index (κ2) is 11.9. The van der Waals surface area contributed by atoms with E-state index in [4.69, 9.17) is 0 Å². The first-order valence-electron chi connectivity index (χ1n) is 13.0. The number of aromatic nitrogens is 2. The standard InChI is InChI=1S/C28H27F6N9/c1-14(9-29)43-26(31)25(41-42-43)24(19-5-6-21(30)39-15(19)2)40-18-7-16(10-35)22-20(8-18)23(17(11-36)12-37-22)38-13-27(3,4)28(32,33)34/h5-8,12,14,24,40-42H,9,13H2,1-4H3,(H,37,38)/t14-,24-/m0/s1. The molecule has 0 saturated heterocycles. The highest BCUT2D eigenvalue weighted by Gasteiger charge is 2.47. The van der Waals surface area contributed by atoms with Gasteiger partial charge < -0.3 is 16.1 Å². The number of hydrogen-bond donors (Lipinski definition) is 4. The van der Waals surface area contributed by atoms with Gasteiger partial charge in [-0.1, -0.05) is 6.07 Å². The Morgan fingerprint density at radius 1 is 1.09 bits per heavy atom. The number of pyridine rings is 2. The summed E-state index contributed by atoms with van der Waals surface area (Å²) in [5, 5.41) is 26.5. The van der Waals surface area contributed by atoms with Crippen molar-refractivity contribution in [2.24, 2.45) is 5.41 Å². The molecule has 0 radical (unpaired) electrons. The summed E-state index contributed by atoms with van der Waals surface area (Å²) in [6.07, 6.45) is -3.40. The lowest BCUT2D eigenvalue weighted by atomic mass is 9.92. The van der Waals surface area contributed by atoms with E-state index >= 15 is 4.39 Å². The van der Waals surface area contributed by atoms with Gasteiger partial charge in [0.05, 0.1) is 39.8 Å². The van der Waals surface area contributed by atoms with Crippen LogP contribution in [0.25, 0.3) is 10.9 Å². The van der Waals surface area contributed by atoms with Crippen molar-refractivity contribution in [3.63, 3.8) is 0 Å². The quantitative estimate of drug-likeness (QED) is 0.137. The zero-order chi connectivity index (χ0) is 31.7. The van der Waals surface area contributed by atoms with Crippen molar-refractivity contribution in [1.29, 1.82) is 10.5 Å². The van der Waals surface area contributed by atoms with Gasteiger partial charge in [0.15, 0.2) is 0 Å². The average molecular weight is 604 g/mol. The van der Waals surface area contributed by atoms with Crippen molar-refractivity contribution in [3.8, 4) is 12.1 Å². The van der Waals surface area contributed by atoms with Crippen LogP contribution in [0.2, 0.25) is 0 Å². The Balaban J connectivity index is 1.87. The van der Waals surface area contributed by atoms with E-state index in [1.165, 1.54) is 32.0 Å². The van der Waals surface area contributed by atoms with Gasteiger partial charge in [-0.05, 0) is 45.9 Å². The predicted molar refractivity (Wildman–Crippen MR) is 146 cm³/mol. The molecule has 0 spiro atoms. The van der Waals surface area contributed by atoms with Crippen molar-refractivity contribution in [2.75, 3.05) is 23.9 Å². The normalized spacial score (nSPS) is 15.1. The molecule has 0 unspecified atom stereocenters. The van der Waals surface area contributed by atoms with Crippen LogP contribution in [0.4, 0.5) is 37.7 Å². The minimum Gasteiger partial charge on any atom is -0.382 e. The Labute approximate surface area is 243 Å². The Kier molecular flexibility index (Phi) is 8.59. The van der Waals surface area contributed by atoms with E-state index in [1.807, 2.05) is 12.1 Å². The van der Waals surface area contributed by atoms with E-state index in [0.29, 0.717) is 5.56 Å². The second-order valence-electron chi connectivity index (χ2n) is 10.6. The van der Waals surface area contributed by atoms with Gasteiger partial charge in [0.2, 0.25) is 11.9 Å². The van der Waals surface area contributed by atoms with Crippen molar-refractivity contribution in [3.05, 3.63) is 70.4 Å². The van der Waals surface area contributed by atoms with Gasteiger partial charge >= 0.3 is 6.18 Å². The number of rotatable bonds is 9. The summed E-state index contributed by atoms with van der Waals surface area (Å²) in [7, 11) is 0. The molecule has 1 aromatic carbocycles. The number of fused-ring (bicyclic) bond motifs is 1. The van der Waals surface area contributed by atoms with Gasteiger partial charge in [0, 0.05) is 35.1 Å².